The van der Waals surface area contributed by atoms with Crippen molar-refractivity contribution in [2.75, 3.05) is 12.1 Å². The zero-order valence-electron chi connectivity index (χ0n) is 9.51. The number of carbonyl (C=O) groups excluding carboxylic acids is 2. The number of nitrogens with zero attached hydrogens (tertiary/aromatic N) is 2. The van der Waals surface area contributed by atoms with Crippen molar-refractivity contribution < 1.29 is 9.59 Å². The van der Waals surface area contributed by atoms with Crippen LogP contribution in [0.15, 0.2) is 35.4 Å². The second-order valence-electron chi connectivity index (χ2n) is 3.67. The van der Waals surface area contributed by atoms with E-state index in [2.05, 4.69) is 10.4 Å². The Morgan fingerprint density at radius 2 is 2.00 bits per heavy atom. The van der Waals surface area contributed by atoms with Gasteiger partial charge in [-0.3, -0.25) is 9.59 Å². The van der Waals surface area contributed by atoms with E-state index >= 15 is 0 Å². The molecular weight excluding hydrogens is 218 g/mol. The second-order valence-corrected chi connectivity index (χ2v) is 3.67. The van der Waals surface area contributed by atoms with E-state index < -0.39 is 0 Å². The summed E-state index contributed by atoms with van der Waals surface area (Å²) >= 11 is 0. The molecule has 0 spiro atoms. The van der Waals surface area contributed by atoms with Gasteiger partial charge in [0.1, 0.15) is 5.71 Å². The number of hydrazone groups is 1. The molecule has 1 heterocycles. The quantitative estimate of drug-likeness (QED) is 0.822. The maximum atomic E-state index is 11.7. The number of para-hydroxylation sites is 1. The summed E-state index contributed by atoms with van der Waals surface area (Å²) in [5, 5.41) is 7.89. The van der Waals surface area contributed by atoms with Gasteiger partial charge in [0.2, 0.25) is 5.91 Å². The number of carbonyl (C=O) groups is 2. The highest BCUT2D eigenvalue weighted by Gasteiger charge is 2.24. The van der Waals surface area contributed by atoms with Gasteiger partial charge in [0.15, 0.2) is 0 Å². The second kappa shape index (κ2) is 4.78. The lowest BCUT2D eigenvalue weighted by molar-refractivity contribution is -0.118. The van der Waals surface area contributed by atoms with Crippen molar-refractivity contribution >= 4 is 23.2 Å². The van der Waals surface area contributed by atoms with Crippen LogP contribution in [-0.2, 0) is 9.59 Å². The predicted octanol–water partition coefficient (Wildman–Crippen LogP) is 0.915. The van der Waals surface area contributed by atoms with E-state index in [1.807, 2.05) is 18.2 Å². The lowest BCUT2D eigenvalue weighted by atomic mass is 10.1. The van der Waals surface area contributed by atoms with Crippen molar-refractivity contribution in [1.29, 1.82) is 0 Å². The molecule has 0 aromatic heterocycles. The molecule has 0 atom stereocenters. The van der Waals surface area contributed by atoms with Crippen LogP contribution in [0.25, 0.3) is 0 Å². The zero-order chi connectivity index (χ0) is 12.3. The number of nitrogens with one attached hydrogen (secondary N) is 1. The average Bonchev–Trinajstić information content (AvgIpc) is 2.39. The fourth-order valence-electron chi connectivity index (χ4n) is 1.63. The Morgan fingerprint density at radius 3 is 2.65 bits per heavy atom. The third kappa shape index (κ3) is 2.33. The third-order valence-electron chi connectivity index (χ3n) is 2.52. The highest BCUT2D eigenvalue weighted by Crippen LogP contribution is 2.19. The predicted molar refractivity (Wildman–Crippen MR) is 64.7 cm³/mol. The van der Waals surface area contributed by atoms with Gasteiger partial charge in [0.05, 0.1) is 5.69 Å². The molecule has 1 aliphatic rings. The van der Waals surface area contributed by atoms with Gasteiger partial charge in [-0.25, -0.2) is 5.01 Å². The van der Waals surface area contributed by atoms with Gasteiger partial charge in [0.25, 0.3) is 5.91 Å². The molecule has 88 valence electrons. The molecule has 0 saturated carbocycles. The van der Waals surface area contributed by atoms with Crippen molar-refractivity contribution in [2.24, 2.45) is 5.10 Å². The number of hydrogen-bond donors (Lipinski definition) is 1. The van der Waals surface area contributed by atoms with Crippen LogP contribution in [0.1, 0.15) is 12.8 Å². The van der Waals surface area contributed by atoms with Crippen LogP contribution in [0.3, 0.4) is 0 Å². The summed E-state index contributed by atoms with van der Waals surface area (Å²) in [6.07, 6.45) is 0.697. The summed E-state index contributed by atoms with van der Waals surface area (Å²) in [6, 6.07) is 9.09. The monoisotopic (exact) mass is 231 g/mol. The van der Waals surface area contributed by atoms with Gasteiger partial charge in [-0.1, -0.05) is 18.2 Å². The molecule has 5 heteroatoms. The largest absolute Gasteiger partial charge is 0.354 e. The van der Waals surface area contributed by atoms with Crippen LogP contribution in [0.5, 0.6) is 0 Å². The van der Waals surface area contributed by atoms with E-state index in [0.29, 0.717) is 24.2 Å². The molecule has 0 aliphatic carbocycles. The number of amides is 2. The van der Waals surface area contributed by atoms with E-state index in [4.69, 9.17) is 0 Å². The fourth-order valence-corrected chi connectivity index (χ4v) is 1.63. The summed E-state index contributed by atoms with van der Waals surface area (Å²) in [5.41, 5.74) is 1.06. The summed E-state index contributed by atoms with van der Waals surface area (Å²) in [5.74, 6) is -0.331. The van der Waals surface area contributed by atoms with Crippen molar-refractivity contribution in [3.8, 4) is 0 Å². The molecule has 1 aromatic rings. The Labute approximate surface area is 99.1 Å². The summed E-state index contributed by atoms with van der Waals surface area (Å²) < 4.78 is 0. The smallest absolute Gasteiger partial charge is 0.267 e. The Balaban J connectivity index is 2.32. The highest BCUT2D eigenvalue weighted by molar-refractivity contribution is 6.40. The van der Waals surface area contributed by atoms with E-state index in [-0.39, 0.29) is 11.8 Å². The highest BCUT2D eigenvalue weighted by atomic mass is 16.2. The first kappa shape index (κ1) is 11.3. The van der Waals surface area contributed by atoms with E-state index in [9.17, 15) is 9.59 Å². The van der Waals surface area contributed by atoms with Crippen LogP contribution in [-0.4, -0.2) is 24.6 Å². The Hall–Kier alpha value is -2.17. The first-order valence-corrected chi connectivity index (χ1v) is 5.40. The summed E-state index contributed by atoms with van der Waals surface area (Å²) in [6.45, 7) is 0. The molecular formula is C12H13N3O2. The molecule has 17 heavy (non-hydrogen) atoms. The minimum Gasteiger partial charge on any atom is -0.354 e. The molecule has 5 nitrogen and oxygen atoms in total. The van der Waals surface area contributed by atoms with Gasteiger partial charge < -0.3 is 5.32 Å². The molecule has 2 amide bonds. The maximum Gasteiger partial charge on any atom is 0.267 e. The number of rotatable bonds is 2. The Bertz CT molecular complexity index is 468. The Kier molecular flexibility index (Phi) is 3.18. The van der Waals surface area contributed by atoms with E-state index in [1.165, 1.54) is 5.01 Å². The minimum absolute atomic E-state index is 0.0937. The molecule has 0 radical (unpaired) electrons. The maximum absolute atomic E-state index is 11.7. The summed E-state index contributed by atoms with van der Waals surface area (Å²) in [4.78, 5) is 23.2. The average molecular weight is 231 g/mol. The van der Waals surface area contributed by atoms with Gasteiger partial charge in [-0.15, -0.1) is 0 Å². The van der Waals surface area contributed by atoms with Crippen molar-refractivity contribution in [3.05, 3.63) is 30.3 Å². The van der Waals surface area contributed by atoms with Crippen LogP contribution >= 0.6 is 0 Å². The number of hydrogen-bond acceptors (Lipinski definition) is 3. The molecule has 0 saturated heterocycles. The first-order chi connectivity index (χ1) is 8.22. The SMILES string of the molecule is CNC(=O)C1=NN(c2ccccc2)C(=O)CC1. The topological polar surface area (TPSA) is 61.8 Å². The fraction of sp³-hybridized carbons (Fsp3) is 0.250. The minimum atomic E-state index is -0.238. The molecule has 1 N–H and O–H groups in total. The van der Waals surface area contributed by atoms with Gasteiger partial charge in [-0.05, 0) is 12.1 Å². The third-order valence-corrected chi connectivity index (χ3v) is 2.52. The molecule has 1 aliphatic heterocycles. The van der Waals surface area contributed by atoms with Crippen molar-refractivity contribution in [3.63, 3.8) is 0 Å². The number of anilines is 1. The van der Waals surface area contributed by atoms with Crippen molar-refractivity contribution in [1.82, 2.24) is 5.32 Å². The summed E-state index contributed by atoms with van der Waals surface area (Å²) in [7, 11) is 1.55. The molecule has 1 aromatic carbocycles. The zero-order valence-corrected chi connectivity index (χ0v) is 9.51. The lowest BCUT2D eigenvalue weighted by Crippen LogP contribution is -2.37. The van der Waals surface area contributed by atoms with Crippen LogP contribution in [0, 0.1) is 0 Å². The standard InChI is InChI=1S/C12H13N3O2/c1-13-12(17)10-7-8-11(16)15(14-10)9-5-3-2-4-6-9/h2-6H,7-8H2,1H3,(H,13,17). The Morgan fingerprint density at radius 1 is 1.29 bits per heavy atom. The molecule has 0 bridgehead atoms. The van der Waals surface area contributed by atoms with Gasteiger partial charge in [0, 0.05) is 19.9 Å². The van der Waals surface area contributed by atoms with E-state index in [1.54, 1.807) is 19.2 Å². The van der Waals surface area contributed by atoms with Gasteiger partial charge >= 0.3 is 0 Å². The van der Waals surface area contributed by atoms with Crippen molar-refractivity contribution in [2.45, 2.75) is 12.8 Å². The van der Waals surface area contributed by atoms with E-state index in [0.717, 1.165) is 0 Å². The normalized spacial score (nSPS) is 15.5. The lowest BCUT2D eigenvalue weighted by Gasteiger charge is -2.22. The number of benzene rings is 1. The molecule has 0 fully saturated rings. The van der Waals surface area contributed by atoms with Crippen LogP contribution in [0.4, 0.5) is 5.69 Å². The van der Waals surface area contributed by atoms with Gasteiger partial charge in [-0.2, -0.15) is 5.10 Å². The first-order valence-electron chi connectivity index (χ1n) is 5.40. The molecule has 2 rings (SSSR count). The van der Waals surface area contributed by atoms with Crippen LogP contribution < -0.4 is 10.3 Å². The van der Waals surface area contributed by atoms with Crippen LogP contribution in [0.2, 0.25) is 0 Å². The molecule has 0 unspecified atom stereocenters.